The molecule has 0 spiro atoms. The van der Waals surface area contributed by atoms with E-state index in [1.54, 1.807) is 0 Å². The third-order valence-corrected chi connectivity index (χ3v) is 2.44. The Morgan fingerprint density at radius 1 is 1.50 bits per heavy atom. The fourth-order valence-electron chi connectivity index (χ4n) is 1.75. The zero-order valence-electron chi connectivity index (χ0n) is 6.83. The highest BCUT2D eigenvalue weighted by atomic mass is 14.6. The van der Waals surface area contributed by atoms with Gasteiger partial charge in [0, 0.05) is 17.7 Å². The van der Waals surface area contributed by atoms with Crippen molar-refractivity contribution in [1.29, 1.82) is 5.41 Å². The predicted octanol–water partition coefficient (Wildman–Crippen LogP) is 1.41. The summed E-state index contributed by atoms with van der Waals surface area (Å²) in [7, 11) is 0. The normalized spacial score (nSPS) is 33.1. The first kappa shape index (κ1) is 7.50. The van der Waals surface area contributed by atoms with Crippen LogP contribution in [0.15, 0.2) is 36.0 Å². The largest absolute Gasteiger partial charge is 0.321 e. The number of nitrogens with one attached hydrogen (secondary N) is 1. The molecule has 0 aliphatic heterocycles. The van der Waals surface area contributed by atoms with Gasteiger partial charge in [-0.3, -0.25) is 0 Å². The second-order valence-electron chi connectivity index (χ2n) is 3.22. The third-order valence-electron chi connectivity index (χ3n) is 2.44. The summed E-state index contributed by atoms with van der Waals surface area (Å²) in [5, 5.41) is 7.65. The van der Waals surface area contributed by atoms with Gasteiger partial charge in [-0.05, 0) is 18.1 Å². The lowest BCUT2D eigenvalue weighted by atomic mass is 9.92. The summed E-state index contributed by atoms with van der Waals surface area (Å²) in [6, 6.07) is 0.0373. The van der Waals surface area contributed by atoms with Crippen molar-refractivity contribution in [2.24, 2.45) is 11.7 Å². The molecule has 0 saturated heterocycles. The van der Waals surface area contributed by atoms with Gasteiger partial charge in [0.1, 0.15) is 0 Å². The van der Waals surface area contributed by atoms with Crippen molar-refractivity contribution in [1.82, 2.24) is 0 Å². The van der Waals surface area contributed by atoms with Crippen LogP contribution in [0.25, 0.3) is 0 Å². The van der Waals surface area contributed by atoms with E-state index in [0.717, 1.165) is 6.42 Å². The molecule has 0 fully saturated rings. The van der Waals surface area contributed by atoms with Crippen molar-refractivity contribution < 1.29 is 0 Å². The first-order valence-electron chi connectivity index (χ1n) is 4.18. The van der Waals surface area contributed by atoms with Crippen LogP contribution in [0, 0.1) is 11.3 Å². The molecule has 0 bridgehead atoms. The maximum absolute atomic E-state index is 7.65. The summed E-state index contributed by atoms with van der Waals surface area (Å²) < 4.78 is 0. The van der Waals surface area contributed by atoms with Gasteiger partial charge in [0.25, 0.3) is 0 Å². The van der Waals surface area contributed by atoms with E-state index < -0.39 is 0 Å². The molecule has 2 aliphatic rings. The quantitative estimate of drug-likeness (QED) is 0.598. The number of allylic oxidation sites excluding steroid dienone is 4. The maximum atomic E-state index is 7.65. The van der Waals surface area contributed by atoms with Gasteiger partial charge in [-0.25, -0.2) is 0 Å². The van der Waals surface area contributed by atoms with E-state index in [1.807, 2.05) is 30.4 Å². The van der Waals surface area contributed by atoms with Crippen LogP contribution in [0.1, 0.15) is 6.42 Å². The highest BCUT2D eigenvalue weighted by molar-refractivity contribution is 5.98. The number of hydrogen-bond donors (Lipinski definition) is 2. The van der Waals surface area contributed by atoms with Crippen LogP contribution < -0.4 is 5.73 Å². The molecule has 0 saturated carbocycles. The van der Waals surface area contributed by atoms with Crippen molar-refractivity contribution >= 4 is 5.71 Å². The molecule has 2 unspecified atom stereocenters. The average Bonchev–Trinajstić information content (AvgIpc) is 2.59. The van der Waals surface area contributed by atoms with Gasteiger partial charge in [-0.2, -0.15) is 0 Å². The zero-order chi connectivity index (χ0) is 8.55. The Balaban J connectivity index is 2.17. The van der Waals surface area contributed by atoms with Crippen LogP contribution in [-0.2, 0) is 0 Å². The molecular weight excluding hydrogens is 148 g/mol. The SMILES string of the molecule is N=C1C=CCC1C1=CC=CC1N. The minimum absolute atomic E-state index is 0.0373. The van der Waals surface area contributed by atoms with Crippen molar-refractivity contribution in [2.75, 3.05) is 0 Å². The molecule has 0 aromatic rings. The Bertz CT molecular complexity index is 297. The van der Waals surface area contributed by atoms with E-state index >= 15 is 0 Å². The summed E-state index contributed by atoms with van der Waals surface area (Å²) in [6.45, 7) is 0. The van der Waals surface area contributed by atoms with Gasteiger partial charge in [0.2, 0.25) is 0 Å². The second-order valence-corrected chi connectivity index (χ2v) is 3.22. The molecule has 0 amide bonds. The van der Waals surface area contributed by atoms with Gasteiger partial charge in [-0.1, -0.05) is 24.3 Å². The summed E-state index contributed by atoms with van der Waals surface area (Å²) in [5.41, 5.74) is 7.72. The smallest absolute Gasteiger partial charge is 0.0453 e. The summed E-state index contributed by atoms with van der Waals surface area (Å²) in [4.78, 5) is 0. The Morgan fingerprint density at radius 3 is 2.83 bits per heavy atom. The van der Waals surface area contributed by atoms with Crippen LogP contribution in [0.5, 0.6) is 0 Å². The molecule has 12 heavy (non-hydrogen) atoms. The molecule has 2 rings (SSSR count). The van der Waals surface area contributed by atoms with Gasteiger partial charge < -0.3 is 11.1 Å². The van der Waals surface area contributed by atoms with Crippen LogP contribution in [-0.4, -0.2) is 11.8 Å². The topological polar surface area (TPSA) is 49.9 Å². The standard InChI is InChI=1S/C10H12N2/c11-9-5-1-3-7(9)8-4-2-6-10(8)12/h1-3,5-6,8-9,12H,4,11H2. The van der Waals surface area contributed by atoms with Gasteiger partial charge >= 0.3 is 0 Å². The van der Waals surface area contributed by atoms with Gasteiger partial charge in [-0.15, -0.1) is 0 Å². The summed E-state index contributed by atoms with van der Waals surface area (Å²) in [6.07, 6.45) is 10.8. The minimum atomic E-state index is 0.0373. The fourth-order valence-corrected chi connectivity index (χ4v) is 1.75. The van der Waals surface area contributed by atoms with Crippen LogP contribution in [0.2, 0.25) is 0 Å². The molecule has 2 aliphatic carbocycles. The lowest BCUT2D eigenvalue weighted by molar-refractivity contribution is 0.766. The number of hydrogen-bond acceptors (Lipinski definition) is 2. The van der Waals surface area contributed by atoms with Crippen molar-refractivity contribution in [3.63, 3.8) is 0 Å². The molecular formula is C10H12N2. The van der Waals surface area contributed by atoms with Crippen LogP contribution in [0.4, 0.5) is 0 Å². The van der Waals surface area contributed by atoms with Gasteiger partial charge in [0.05, 0.1) is 0 Å². The Labute approximate surface area is 72.0 Å². The average molecular weight is 160 g/mol. The molecule has 2 nitrogen and oxygen atoms in total. The van der Waals surface area contributed by atoms with E-state index in [-0.39, 0.29) is 12.0 Å². The molecule has 0 heterocycles. The van der Waals surface area contributed by atoms with E-state index in [9.17, 15) is 0 Å². The minimum Gasteiger partial charge on any atom is -0.321 e. The molecule has 0 aromatic carbocycles. The first-order chi connectivity index (χ1) is 5.79. The molecule has 0 radical (unpaired) electrons. The molecule has 2 heteroatoms. The lowest BCUT2D eigenvalue weighted by Crippen LogP contribution is -2.24. The summed E-state index contributed by atoms with van der Waals surface area (Å²) in [5.74, 6) is 0.245. The summed E-state index contributed by atoms with van der Waals surface area (Å²) >= 11 is 0. The zero-order valence-corrected chi connectivity index (χ0v) is 6.83. The fraction of sp³-hybridized carbons (Fsp3) is 0.300. The van der Waals surface area contributed by atoms with E-state index in [4.69, 9.17) is 11.1 Å². The van der Waals surface area contributed by atoms with Crippen LogP contribution in [0.3, 0.4) is 0 Å². The third kappa shape index (κ3) is 1.04. The second kappa shape index (κ2) is 2.72. The number of rotatable bonds is 1. The Morgan fingerprint density at radius 2 is 2.33 bits per heavy atom. The predicted molar refractivity (Wildman–Crippen MR) is 50.2 cm³/mol. The van der Waals surface area contributed by atoms with E-state index in [1.165, 1.54) is 5.57 Å². The molecule has 3 N–H and O–H groups in total. The maximum Gasteiger partial charge on any atom is 0.0453 e. The lowest BCUT2D eigenvalue weighted by Gasteiger charge is -2.15. The molecule has 62 valence electrons. The van der Waals surface area contributed by atoms with E-state index in [2.05, 4.69) is 0 Å². The monoisotopic (exact) mass is 160 g/mol. The van der Waals surface area contributed by atoms with Crippen LogP contribution >= 0.6 is 0 Å². The van der Waals surface area contributed by atoms with Crippen molar-refractivity contribution in [3.8, 4) is 0 Å². The van der Waals surface area contributed by atoms with Crippen molar-refractivity contribution in [2.45, 2.75) is 12.5 Å². The molecule has 0 aromatic heterocycles. The first-order valence-corrected chi connectivity index (χ1v) is 4.18. The number of nitrogens with two attached hydrogens (primary N) is 1. The molecule has 2 atom stereocenters. The van der Waals surface area contributed by atoms with Gasteiger partial charge in [0.15, 0.2) is 0 Å². The highest BCUT2D eigenvalue weighted by Crippen LogP contribution is 2.27. The Kier molecular flexibility index (Phi) is 1.70. The van der Waals surface area contributed by atoms with Crippen molar-refractivity contribution in [3.05, 3.63) is 36.0 Å². The highest BCUT2D eigenvalue weighted by Gasteiger charge is 2.24. The van der Waals surface area contributed by atoms with E-state index in [0.29, 0.717) is 5.71 Å². The Hall–Kier alpha value is -1.15.